The van der Waals surface area contributed by atoms with Crippen molar-refractivity contribution < 1.29 is 4.42 Å². The predicted octanol–water partition coefficient (Wildman–Crippen LogP) is 5.27. The minimum absolute atomic E-state index is 0.0353. The fourth-order valence-electron chi connectivity index (χ4n) is 1.79. The van der Waals surface area contributed by atoms with Crippen LogP contribution in [-0.4, -0.2) is 6.54 Å². The molecule has 96 valence electrons. The van der Waals surface area contributed by atoms with Crippen molar-refractivity contribution in [3.63, 3.8) is 0 Å². The summed E-state index contributed by atoms with van der Waals surface area (Å²) in [4.78, 5) is 0. The molecule has 1 N–H and O–H groups in total. The van der Waals surface area contributed by atoms with Crippen molar-refractivity contribution in [3.8, 4) is 0 Å². The van der Waals surface area contributed by atoms with Gasteiger partial charge in [-0.2, -0.15) is 0 Å². The summed E-state index contributed by atoms with van der Waals surface area (Å²) in [6, 6.07) is 10.0. The fourth-order valence-corrected chi connectivity index (χ4v) is 2.96. The van der Waals surface area contributed by atoms with Crippen molar-refractivity contribution in [2.45, 2.75) is 13.0 Å². The molecule has 1 atom stereocenters. The molecule has 1 heterocycles. The summed E-state index contributed by atoms with van der Waals surface area (Å²) in [5, 5.41) is 3.43. The largest absolute Gasteiger partial charge is 0.452 e. The van der Waals surface area contributed by atoms with Gasteiger partial charge in [0.2, 0.25) is 0 Å². The zero-order chi connectivity index (χ0) is 13.1. The number of hydrogen-bond donors (Lipinski definition) is 1. The Balaban J connectivity index is 2.44. The number of furan rings is 1. The summed E-state index contributed by atoms with van der Waals surface area (Å²) >= 11 is 10.4. The Bertz CT molecular complexity index is 539. The average Bonchev–Trinajstić information content (AvgIpc) is 2.76. The van der Waals surface area contributed by atoms with Crippen LogP contribution in [0.25, 0.3) is 0 Å². The third-order valence-corrected chi connectivity index (χ3v) is 4.20. The molecular weight excluding hydrogens is 426 g/mol. The molecule has 0 fully saturated rings. The van der Waals surface area contributed by atoms with Crippen LogP contribution in [0.15, 0.2) is 48.4 Å². The van der Waals surface area contributed by atoms with Crippen LogP contribution in [0.1, 0.15) is 24.3 Å². The van der Waals surface area contributed by atoms with Crippen molar-refractivity contribution in [2.24, 2.45) is 0 Å². The Hall–Kier alpha value is -0.100. The number of nitrogens with one attached hydrogen (secondary N) is 1. The Morgan fingerprint density at radius 1 is 1.17 bits per heavy atom. The third-order valence-electron chi connectivity index (χ3n) is 2.56. The molecule has 0 saturated carbocycles. The van der Waals surface area contributed by atoms with Crippen LogP contribution in [0.5, 0.6) is 0 Å². The average molecular weight is 438 g/mol. The van der Waals surface area contributed by atoms with Gasteiger partial charge in [-0.1, -0.05) is 38.8 Å². The van der Waals surface area contributed by atoms with Crippen LogP contribution in [0.2, 0.25) is 0 Å². The maximum absolute atomic E-state index is 5.67. The lowest BCUT2D eigenvalue weighted by atomic mass is 10.0. The van der Waals surface area contributed by atoms with Gasteiger partial charge in [0.1, 0.15) is 5.76 Å². The molecule has 1 aromatic carbocycles. The summed E-state index contributed by atoms with van der Waals surface area (Å²) in [5.41, 5.74) is 1.15. The smallest absolute Gasteiger partial charge is 0.169 e. The van der Waals surface area contributed by atoms with Gasteiger partial charge in [-0.25, -0.2) is 0 Å². The molecule has 2 rings (SSSR count). The summed E-state index contributed by atoms with van der Waals surface area (Å²) in [5.74, 6) is 0.891. The van der Waals surface area contributed by atoms with E-state index in [0.717, 1.165) is 31.5 Å². The first-order valence-electron chi connectivity index (χ1n) is 5.55. The molecule has 2 nitrogen and oxygen atoms in total. The molecule has 0 amide bonds. The second-order valence-electron chi connectivity index (χ2n) is 3.80. The van der Waals surface area contributed by atoms with Gasteiger partial charge in [-0.05, 0) is 58.4 Å². The van der Waals surface area contributed by atoms with Gasteiger partial charge in [0, 0.05) is 8.95 Å². The minimum Gasteiger partial charge on any atom is -0.452 e. The molecule has 0 saturated heterocycles. The van der Waals surface area contributed by atoms with Crippen molar-refractivity contribution in [3.05, 3.63) is 55.3 Å². The molecule has 1 unspecified atom stereocenters. The topological polar surface area (TPSA) is 25.2 Å². The number of halogens is 3. The van der Waals surface area contributed by atoms with Crippen LogP contribution < -0.4 is 5.32 Å². The van der Waals surface area contributed by atoms with E-state index in [0.29, 0.717) is 0 Å². The predicted molar refractivity (Wildman–Crippen MR) is 83.8 cm³/mol. The Labute approximate surface area is 132 Å². The van der Waals surface area contributed by atoms with E-state index in [1.165, 1.54) is 0 Å². The maximum atomic E-state index is 5.67. The van der Waals surface area contributed by atoms with Crippen LogP contribution in [0, 0.1) is 0 Å². The van der Waals surface area contributed by atoms with E-state index in [4.69, 9.17) is 4.42 Å². The van der Waals surface area contributed by atoms with Crippen molar-refractivity contribution in [1.29, 1.82) is 0 Å². The van der Waals surface area contributed by atoms with Gasteiger partial charge in [0.05, 0.1) is 6.04 Å². The van der Waals surface area contributed by atoms with Crippen LogP contribution >= 0.6 is 47.8 Å². The van der Waals surface area contributed by atoms with E-state index in [2.05, 4.69) is 66.1 Å². The Morgan fingerprint density at radius 2 is 1.94 bits per heavy atom. The Kier molecular flexibility index (Phi) is 5.06. The van der Waals surface area contributed by atoms with Gasteiger partial charge in [-0.3, -0.25) is 0 Å². The van der Waals surface area contributed by atoms with Crippen LogP contribution in [0.4, 0.5) is 0 Å². The molecule has 5 heteroatoms. The third kappa shape index (κ3) is 3.26. The van der Waals surface area contributed by atoms with Crippen molar-refractivity contribution in [2.75, 3.05) is 6.54 Å². The normalized spacial score (nSPS) is 12.7. The van der Waals surface area contributed by atoms with E-state index in [-0.39, 0.29) is 6.04 Å². The highest BCUT2D eigenvalue weighted by atomic mass is 79.9. The minimum atomic E-state index is 0.0353. The van der Waals surface area contributed by atoms with Gasteiger partial charge in [0.25, 0.3) is 0 Å². The van der Waals surface area contributed by atoms with Crippen LogP contribution in [0.3, 0.4) is 0 Å². The molecule has 1 aromatic heterocycles. The van der Waals surface area contributed by atoms with Gasteiger partial charge < -0.3 is 9.73 Å². The zero-order valence-corrected chi connectivity index (χ0v) is 14.5. The molecule has 18 heavy (non-hydrogen) atoms. The molecule has 2 aromatic rings. The first-order valence-corrected chi connectivity index (χ1v) is 7.93. The van der Waals surface area contributed by atoms with Gasteiger partial charge in [-0.15, -0.1) is 0 Å². The highest BCUT2D eigenvalue weighted by Crippen LogP contribution is 2.32. The number of benzene rings is 1. The molecule has 0 spiro atoms. The highest BCUT2D eigenvalue weighted by molar-refractivity contribution is 9.11. The van der Waals surface area contributed by atoms with Gasteiger partial charge in [0.15, 0.2) is 4.67 Å². The van der Waals surface area contributed by atoms with E-state index < -0.39 is 0 Å². The molecule has 0 aliphatic carbocycles. The summed E-state index contributed by atoms with van der Waals surface area (Å²) in [7, 11) is 0. The summed E-state index contributed by atoms with van der Waals surface area (Å²) < 4.78 is 8.52. The lowest BCUT2D eigenvalue weighted by molar-refractivity contribution is 0.437. The lowest BCUT2D eigenvalue weighted by Gasteiger charge is -2.18. The first-order chi connectivity index (χ1) is 8.61. The summed E-state index contributed by atoms with van der Waals surface area (Å²) in [6.45, 7) is 2.94. The van der Waals surface area contributed by atoms with Gasteiger partial charge >= 0.3 is 0 Å². The SMILES string of the molecule is CCNC(c1ccc(Br)o1)c1cc(Br)ccc1Br. The lowest BCUT2D eigenvalue weighted by Crippen LogP contribution is -2.21. The molecular formula is C13H12Br3NO. The second kappa shape index (κ2) is 6.37. The van der Waals surface area contributed by atoms with E-state index in [1.807, 2.05) is 24.3 Å². The van der Waals surface area contributed by atoms with Crippen molar-refractivity contribution in [1.82, 2.24) is 5.32 Å². The first kappa shape index (κ1) is 14.3. The van der Waals surface area contributed by atoms with Crippen molar-refractivity contribution >= 4 is 47.8 Å². The highest BCUT2D eigenvalue weighted by Gasteiger charge is 2.19. The number of hydrogen-bond acceptors (Lipinski definition) is 2. The molecule has 0 aliphatic heterocycles. The van der Waals surface area contributed by atoms with Crippen LogP contribution in [-0.2, 0) is 0 Å². The molecule has 0 bridgehead atoms. The maximum Gasteiger partial charge on any atom is 0.169 e. The van der Waals surface area contributed by atoms with E-state index in [1.54, 1.807) is 0 Å². The monoisotopic (exact) mass is 435 g/mol. The standard InChI is InChI=1S/C13H12Br3NO/c1-2-17-13(11-5-6-12(16)18-11)9-7-8(14)3-4-10(9)15/h3-7,13,17H,2H2,1H3. The fraction of sp³-hybridized carbons (Fsp3) is 0.231. The number of rotatable bonds is 4. The van der Waals surface area contributed by atoms with E-state index in [9.17, 15) is 0 Å². The second-order valence-corrected chi connectivity index (χ2v) is 6.35. The quantitative estimate of drug-likeness (QED) is 0.705. The molecule has 0 radical (unpaired) electrons. The zero-order valence-electron chi connectivity index (χ0n) is 9.71. The molecule has 0 aliphatic rings. The summed E-state index contributed by atoms with van der Waals surface area (Å²) in [6.07, 6.45) is 0. The van der Waals surface area contributed by atoms with E-state index >= 15 is 0 Å². The Morgan fingerprint density at radius 3 is 2.56 bits per heavy atom.